The first kappa shape index (κ1) is 14.1. The topological polar surface area (TPSA) is 62.5 Å². The SMILES string of the molecule is CCc1occc1C(=O)NC1(CO)CCCC(C)C1. The quantitative estimate of drug-likeness (QED) is 0.879. The Bertz CT molecular complexity index is 440. The minimum atomic E-state index is -0.461. The lowest BCUT2D eigenvalue weighted by Crippen LogP contribution is -2.53. The van der Waals surface area contributed by atoms with Gasteiger partial charge >= 0.3 is 0 Å². The van der Waals surface area contributed by atoms with Crippen molar-refractivity contribution in [1.82, 2.24) is 5.32 Å². The number of aryl methyl sites for hydroxylation is 1. The van der Waals surface area contributed by atoms with Crippen molar-refractivity contribution in [3.8, 4) is 0 Å². The molecular formula is C15H23NO3. The van der Waals surface area contributed by atoms with Crippen molar-refractivity contribution >= 4 is 5.91 Å². The van der Waals surface area contributed by atoms with E-state index in [2.05, 4.69) is 12.2 Å². The van der Waals surface area contributed by atoms with Gasteiger partial charge in [0, 0.05) is 6.42 Å². The fourth-order valence-corrected chi connectivity index (χ4v) is 3.08. The number of aliphatic hydroxyl groups is 1. The number of amides is 1. The molecule has 1 amide bonds. The third-order valence-corrected chi connectivity index (χ3v) is 4.08. The number of hydrogen-bond donors (Lipinski definition) is 2. The van der Waals surface area contributed by atoms with E-state index >= 15 is 0 Å². The first-order chi connectivity index (χ1) is 9.10. The van der Waals surface area contributed by atoms with E-state index in [-0.39, 0.29) is 12.5 Å². The zero-order valence-corrected chi connectivity index (χ0v) is 11.7. The van der Waals surface area contributed by atoms with Crippen molar-refractivity contribution in [3.63, 3.8) is 0 Å². The molecule has 1 heterocycles. The molecule has 1 aromatic heterocycles. The van der Waals surface area contributed by atoms with Gasteiger partial charge in [-0.15, -0.1) is 0 Å². The molecule has 0 spiro atoms. The molecule has 2 N–H and O–H groups in total. The molecular weight excluding hydrogens is 242 g/mol. The Kier molecular flexibility index (Phi) is 4.30. The summed E-state index contributed by atoms with van der Waals surface area (Å²) in [6.45, 7) is 4.13. The van der Waals surface area contributed by atoms with E-state index in [0.717, 1.165) is 19.3 Å². The number of rotatable bonds is 4. The van der Waals surface area contributed by atoms with E-state index in [9.17, 15) is 9.90 Å². The van der Waals surface area contributed by atoms with Gasteiger partial charge in [-0.05, 0) is 24.8 Å². The van der Waals surface area contributed by atoms with Crippen molar-refractivity contribution in [1.29, 1.82) is 0 Å². The van der Waals surface area contributed by atoms with Gasteiger partial charge in [0.1, 0.15) is 5.76 Å². The summed E-state index contributed by atoms with van der Waals surface area (Å²) in [6.07, 6.45) is 6.14. The summed E-state index contributed by atoms with van der Waals surface area (Å²) in [5.74, 6) is 1.11. The summed E-state index contributed by atoms with van der Waals surface area (Å²) in [5, 5.41) is 12.7. The Balaban J connectivity index is 2.12. The van der Waals surface area contributed by atoms with Crippen LogP contribution in [0, 0.1) is 5.92 Å². The first-order valence-electron chi connectivity index (χ1n) is 7.10. The molecule has 0 bridgehead atoms. The summed E-state index contributed by atoms with van der Waals surface area (Å²) in [5.41, 5.74) is 0.130. The highest BCUT2D eigenvalue weighted by atomic mass is 16.3. The van der Waals surface area contributed by atoms with Crippen LogP contribution in [0.1, 0.15) is 55.6 Å². The number of carbonyl (C=O) groups is 1. The molecule has 2 rings (SSSR count). The number of furan rings is 1. The minimum absolute atomic E-state index is 0.00237. The fraction of sp³-hybridized carbons (Fsp3) is 0.667. The van der Waals surface area contributed by atoms with Crippen LogP contribution >= 0.6 is 0 Å². The Morgan fingerprint density at radius 3 is 3.05 bits per heavy atom. The van der Waals surface area contributed by atoms with Crippen LogP contribution in [0.2, 0.25) is 0 Å². The molecule has 1 aromatic rings. The molecule has 1 fully saturated rings. The molecule has 0 aliphatic heterocycles. The number of carbonyl (C=O) groups excluding carboxylic acids is 1. The Hall–Kier alpha value is -1.29. The standard InChI is InChI=1S/C15H23NO3/c1-3-13-12(6-8-19-13)14(18)16-15(10-17)7-4-5-11(2)9-15/h6,8,11,17H,3-5,7,9-10H2,1-2H3,(H,16,18). The van der Waals surface area contributed by atoms with Gasteiger partial charge in [-0.3, -0.25) is 4.79 Å². The molecule has 1 saturated carbocycles. The second-order valence-corrected chi connectivity index (χ2v) is 5.71. The predicted octanol–water partition coefficient (Wildman–Crippen LogP) is 2.51. The monoisotopic (exact) mass is 265 g/mol. The average molecular weight is 265 g/mol. The van der Waals surface area contributed by atoms with Gasteiger partial charge in [-0.1, -0.05) is 26.7 Å². The molecule has 2 atom stereocenters. The van der Waals surface area contributed by atoms with E-state index in [0.29, 0.717) is 23.7 Å². The van der Waals surface area contributed by atoms with Crippen molar-refractivity contribution in [3.05, 3.63) is 23.7 Å². The van der Waals surface area contributed by atoms with Crippen molar-refractivity contribution in [2.45, 2.75) is 51.5 Å². The van der Waals surface area contributed by atoms with Crippen LogP contribution in [0.5, 0.6) is 0 Å². The molecule has 1 aliphatic rings. The normalized spacial score (nSPS) is 27.2. The van der Waals surface area contributed by atoms with Gasteiger partial charge in [0.15, 0.2) is 0 Å². The van der Waals surface area contributed by atoms with Crippen molar-refractivity contribution < 1.29 is 14.3 Å². The van der Waals surface area contributed by atoms with Crippen LogP contribution in [0.3, 0.4) is 0 Å². The predicted molar refractivity (Wildman–Crippen MR) is 73.0 cm³/mol. The first-order valence-corrected chi connectivity index (χ1v) is 7.10. The third-order valence-electron chi connectivity index (χ3n) is 4.08. The molecule has 1 aliphatic carbocycles. The zero-order valence-electron chi connectivity index (χ0n) is 11.7. The second kappa shape index (κ2) is 5.78. The lowest BCUT2D eigenvalue weighted by molar-refractivity contribution is 0.0695. The summed E-state index contributed by atoms with van der Waals surface area (Å²) in [6, 6.07) is 1.70. The van der Waals surface area contributed by atoms with Crippen LogP contribution in [0.15, 0.2) is 16.7 Å². The highest BCUT2D eigenvalue weighted by Gasteiger charge is 2.36. The van der Waals surface area contributed by atoms with E-state index in [1.807, 2.05) is 6.92 Å². The maximum atomic E-state index is 12.3. The Morgan fingerprint density at radius 1 is 1.63 bits per heavy atom. The zero-order chi connectivity index (χ0) is 13.9. The average Bonchev–Trinajstić information content (AvgIpc) is 2.87. The van der Waals surface area contributed by atoms with Gasteiger partial charge in [-0.2, -0.15) is 0 Å². The van der Waals surface area contributed by atoms with E-state index in [1.54, 1.807) is 12.3 Å². The second-order valence-electron chi connectivity index (χ2n) is 5.71. The van der Waals surface area contributed by atoms with Gasteiger partial charge in [-0.25, -0.2) is 0 Å². The van der Waals surface area contributed by atoms with Crippen LogP contribution in [-0.2, 0) is 6.42 Å². The maximum Gasteiger partial charge on any atom is 0.255 e. The molecule has 19 heavy (non-hydrogen) atoms. The van der Waals surface area contributed by atoms with Crippen LogP contribution in [-0.4, -0.2) is 23.2 Å². The highest BCUT2D eigenvalue weighted by molar-refractivity contribution is 5.95. The molecule has 0 aromatic carbocycles. The molecule has 0 radical (unpaired) electrons. The summed E-state index contributed by atoms with van der Waals surface area (Å²) < 4.78 is 5.29. The lowest BCUT2D eigenvalue weighted by Gasteiger charge is -2.39. The van der Waals surface area contributed by atoms with Crippen molar-refractivity contribution in [2.75, 3.05) is 6.61 Å². The van der Waals surface area contributed by atoms with Crippen molar-refractivity contribution in [2.24, 2.45) is 5.92 Å². The molecule has 0 saturated heterocycles. The lowest BCUT2D eigenvalue weighted by atomic mass is 9.76. The molecule has 4 nitrogen and oxygen atoms in total. The molecule has 2 unspecified atom stereocenters. The number of aliphatic hydroxyl groups excluding tert-OH is 1. The summed E-state index contributed by atoms with van der Waals surface area (Å²) in [7, 11) is 0. The summed E-state index contributed by atoms with van der Waals surface area (Å²) >= 11 is 0. The highest BCUT2D eigenvalue weighted by Crippen LogP contribution is 2.32. The van der Waals surface area contributed by atoms with Gasteiger partial charge in [0.05, 0.1) is 24.0 Å². The van der Waals surface area contributed by atoms with E-state index in [1.165, 1.54) is 6.42 Å². The van der Waals surface area contributed by atoms with Crippen LogP contribution < -0.4 is 5.32 Å². The van der Waals surface area contributed by atoms with Gasteiger partial charge in [0.25, 0.3) is 5.91 Å². The Labute approximate surface area is 114 Å². The fourth-order valence-electron chi connectivity index (χ4n) is 3.08. The smallest absolute Gasteiger partial charge is 0.255 e. The van der Waals surface area contributed by atoms with Gasteiger partial charge < -0.3 is 14.8 Å². The molecule has 4 heteroatoms. The number of nitrogens with one attached hydrogen (secondary N) is 1. The summed E-state index contributed by atoms with van der Waals surface area (Å²) in [4.78, 5) is 12.3. The van der Waals surface area contributed by atoms with Crippen LogP contribution in [0.25, 0.3) is 0 Å². The minimum Gasteiger partial charge on any atom is -0.469 e. The largest absolute Gasteiger partial charge is 0.469 e. The molecule has 106 valence electrons. The maximum absolute atomic E-state index is 12.3. The van der Waals surface area contributed by atoms with Crippen LogP contribution in [0.4, 0.5) is 0 Å². The van der Waals surface area contributed by atoms with E-state index in [4.69, 9.17) is 4.42 Å². The third kappa shape index (κ3) is 3.00. The number of hydrogen-bond acceptors (Lipinski definition) is 3. The van der Waals surface area contributed by atoms with Gasteiger partial charge in [0.2, 0.25) is 0 Å². The van der Waals surface area contributed by atoms with E-state index < -0.39 is 5.54 Å². The Morgan fingerprint density at radius 2 is 2.42 bits per heavy atom.